The Kier molecular flexibility index (Phi) is 4.13. The number of carbonyl (C=O) groups is 1. The molecule has 1 heteroatoms. The summed E-state index contributed by atoms with van der Waals surface area (Å²) in [6, 6.07) is 0. The van der Waals surface area contributed by atoms with E-state index < -0.39 is 0 Å². The van der Waals surface area contributed by atoms with Crippen molar-refractivity contribution in [3.63, 3.8) is 0 Å². The largest absolute Gasteiger partial charge is 0.290 e. The van der Waals surface area contributed by atoms with E-state index in [0.29, 0.717) is 11.3 Å². The van der Waals surface area contributed by atoms with E-state index in [4.69, 9.17) is 0 Å². The number of fused-ring (bicyclic) bond motifs is 5. The summed E-state index contributed by atoms with van der Waals surface area (Å²) in [4.78, 5) is 11.9. The van der Waals surface area contributed by atoms with E-state index in [1.54, 1.807) is 0 Å². The molecule has 0 spiro atoms. The molecule has 0 N–H and O–H groups in total. The van der Waals surface area contributed by atoms with E-state index in [-0.39, 0.29) is 11.2 Å². The summed E-state index contributed by atoms with van der Waals surface area (Å²) < 4.78 is 0. The van der Waals surface area contributed by atoms with Crippen LogP contribution in [0.25, 0.3) is 0 Å². The fourth-order valence-electron chi connectivity index (χ4n) is 7.54. The molecule has 4 aliphatic carbocycles. The van der Waals surface area contributed by atoms with Gasteiger partial charge in [0.2, 0.25) is 0 Å². The SMILES string of the molecule is C/C=C/[C@H](C)C1CCC2C3CCC4=CC(=O)C=C[C@]4(C)C3CC[C@@]21C. The summed E-state index contributed by atoms with van der Waals surface area (Å²) in [5.74, 6) is 4.23. The summed E-state index contributed by atoms with van der Waals surface area (Å²) in [5, 5.41) is 0. The van der Waals surface area contributed by atoms with E-state index in [2.05, 4.69) is 45.9 Å². The first-order valence-corrected chi connectivity index (χ1v) is 10.5. The highest BCUT2D eigenvalue weighted by Gasteiger charge is 2.58. The minimum Gasteiger partial charge on any atom is -0.290 e. The Hall–Kier alpha value is -1.11. The van der Waals surface area contributed by atoms with E-state index in [9.17, 15) is 4.79 Å². The second-order valence-electron chi connectivity index (χ2n) is 9.72. The molecule has 4 unspecified atom stereocenters. The van der Waals surface area contributed by atoms with Crippen molar-refractivity contribution >= 4 is 5.78 Å². The molecule has 0 heterocycles. The molecule has 0 bridgehead atoms. The van der Waals surface area contributed by atoms with Gasteiger partial charge in [0.05, 0.1) is 0 Å². The van der Waals surface area contributed by atoms with Gasteiger partial charge >= 0.3 is 0 Å². The topological polar surface area (TPSA) is 17.1 Å². The average molecular weight is 339 g/mol. The van der Waals surface area contributed by atoms with Crippen molar-refractivity contribution in [3.8, 4) is 0 Å². The van der Waals surface area contributed by atoms with Gasteiger partial charge < -0.3 is 0 Å². The molecule has 4 rings (SSSR count). The molecule has 4 aliphatic rings. The van der Waals surface area contributed by atoms with Crippen molar-refractivity contribution < 1.29 is 4.79 Å². The van der Waals surface area contributed by atoms with Crippen LogP contribution >= 0.6 is 0 Å². The van der Waals surface area contributed by atoms with Crippen LogP contribution < -0.4 is 0 Å². The Balaban J connectivity index is 1.63. The summed E-state index contributed by atoms with van der Waals surface area (Å²) in [7, 11) is 0. The molecule has 0 amide bonds. The van der Waals surface area contributed by atoms with Crippen LogP contribution in [0.1, 0.15) is 66.2 Å². The molecule has 136 valence electrons. The Bertz CT molecular complexity index is 653. The Morgan fingerprint density at radius 3 is 2.72 bits per heavy atom. The third-order valence-corrected chi connectivity index (χ3v) is 8.76. The lowest BCUT2D eigenvalue weighted by molar-refractivity contribution is -0.111. The maximum absolute atomic E-state index is 11.9. The standard InChI is InChI=1S/C24H34O/c1-5-6-16(2)20-9-10-21-19-8-7-17-15-18(25)11-13-23(17,3)22(19)12-14-24(20,21)4/h5-6,11,13,15-16,19-22H,7-10,12,14H2,1-4H3/b6-5+/t16-,19?,20?,21?,22?,23-,24+/m0/s1. The van der Waals surface area contributed by atoms with Crippen LogP contribution in [0.3, 0.4) is 0 Å². The van der Waals surface area contributed by atoms with Crippen molar-refractivity contribution in [3.05, 3.63) is 36.0 Å². The first kappa shape index (κ1) is 17.3. The molecule has 25 heavy (non-hydrogen) atoms. The van der Waals surface area contributed by atoms with Crippen molar-refractivity contribution in [2.24, 2.45) is 40.4 Å². The van der Waals surface area contributed by atoms with Crippen LogP contribution in [0.15, 0.2) is 36.0 Å². The van der Waals surface area contributed by atoms with Crippen LogP contribution in [0.2, 0.25) is 0 Å². The van der Waals surface area contributed by atoms with Gasteiger partial charge in [-0.05, 0) is 92.6 Å². The van der Waals surface area contributed by atoms with Gasteiger partial charge in [0.25, 0.3) is 0 Å². The molecule has 7 atom stereocenters. The lowest BCUT2D eigenvalue weighted by Gasteiger charge is -2.57. The minimum absolute atomic E-state index is 0.144. The zero-order valence-corrected chi connectivity index (χ0v) is 16.4. The lowest BCUT2D eigenvalue weighted by atomic mass is 9.47. The van der Waals surface area contributed by atoms with Crippen molar-refractivity contribution in [2.45, 2.75) is 66.2 Å². The molecule has 0 saturated heterocycles. The third-order valence-electron chi connectivity index (χ3n) is 8.76. The van der Waals surface area contributed by atoms with Gasteiger partial charge in [-0.2, -0.15) is 0 Å². The van der Waals surface area contributed by atoms with Gasteiger partial charge in [0, 0.05) is 5.41 Å². The second kappa shape index (κ2) is 5.96. The smallest absolute Gasteiger partial charge is 0.178 e. The summed E-state index contributed by atoms with van der Waals surface area (Å²) in [6.45, 7) is 9.62. The maximum Gasteiger partial charge on any atom is 0.178 e. The van der Waals surface area contributed by atoms with Crippen molar-refractivity contribution in [1.82, 2.24) is 0 Å². The fourth-order valence-corrected chi connectivity index (χ4v) is 7.54. The zero-order chi connectivity index (χ0) is 17.8. The zero-order valence-electron chi connectivity index (χ0n) is 16.4. The van der Waals surface area contributed by atoms with Gasteiger partial charge in [-0.1, -0.05) is 44.6 Å². The minimum atomic E-state index is 0.144. The maximum atomic E-state index is 11.9. The van der Waals surface area contributed by atoms with Crippen molar-refractivity contribution in [2.75, 3.05) is 0 Å². The quantitative estimate of drug-likeness (QED) is 0.554. The summed E-state index contributed by atoms with van der Waals surface area (Å²) >= 11 is 0. The first-order valence-electron chi connectivity index (χ1n) is 10.5. The molecule has 0 aromatic heterocycles. The molecule has 0 aromatic rings. The number of allylic oxidation sites excluding steroid dienone is 6. The Labute approximate surface area is 153 Å². The number of hydrogen-bond acceptors (Lipinski definition) is 1. The van der Waals surface area contributed by atoms with E-state index in [1.807, 2.05) is 12.2 Å². The Morgan fingerprint density at radius 2 is 1.96 bits per heavy atom. The van der Waals surface area contributed by atoms with Gasteiger partial charge in [-0.15, -0.1) is 0 Å². The van der Waals surface area contributed by atoms with Crippen LogP contribution in [0.5, 0.6) is 0 Å². The predicted molar refractivity (Wildman–Crippen MR) is 104 cm³/mol. The third kappa shape index (κ3) is 2.45. The van der Waals surface area contributed by atoms with Crippen LogP contribution in [0.4, 0.5) is 0 Å². The van der Waals surface area contributed by atoms with Crippen molar-refractivity contribution in [1.29, 1.82) is 0 Å². The average Bonchev–Trinajstić information content (AvgIpc) is 2.93. The lowest BCUT2D eigenvalue weighted by Crippen LogP contribution is -2.50. The number of hydrogen-bond donors (Lipinski definition) is 0. The van der Waals surface area contributed by atoms with Crippen LogP contribution in [0, 0.1) is 40.4 Å². The Morgan fingerprint density at radius 1 is 1.16 bits per heavy atom. The van der Waals surface area contributed by atoms with Crippen LogP contribution in [-0.4, -0.2) is 5.78 Å². The molecular formula is C24H34O. The van der Waals surface area contributed by atoms with E-state index >= 15 is 0 Å². The summed E-state index contributed by atoms with van der Waals surface area (Å²) in [5.41, 5.74) is 2.08. The molecule has 3 saturated carbocycles. The molecule has 0 aliphatic heterocycles. The highest BCUT2D eigenvalue weighted by Crippen LogP contribution is 2.66. The second-order valence-corrected chi connectivity index (χ2v) is 9.72. The number of rotatable bonds is 2. The fraction of sp³-hybridized carbons (Fsp3) is 0.708. The van der Waals surface area contributed by atoms with E-state index in [1.165, 1.54) is 37.7 Å². The first-order chi connectivity index (χ1) is 11.9. The normalized spacial score (nSPS) is 47.2. The number of ketones is 1. The summed E-state index contributed by atoms with van der Waals surface area (Å²) in [6.07, 6.45) is 18.7. The van der Waals surface area contributed by atoms with Crippen LogP contribution in [-0.2, 0) is 4.79 Å². The molecule has 0 radical (unpaired) electrons. The molecule has 3 fully saturated rings. The van der Waals surface area contributed by atoms with Gasteiger partial charge in [-0.25, -0.2) is 0 Å². The molecular weight excluding hydrogens is 304 g/mol. The van der Waals surface area contributed by atoms with Gasteiger partial charge in [0.1, 0.15) is 0 Å². The number of carbonyl (C=O) groups excluding carboxylic acids is 1. The monoisotopic (exact) mass is 338 g/mol. The predicted octanol–water partition coefficient (Wildman–Crippen LogP) is 6.12. The van der Waals surface area contributed by atoms with Gasteiger partial charge in [0.15, 0.2) is 5.78 Å². The van der Waals surface area contributed by atoms with Gasteiger partial charge in [-0.3, -0.25) is 4.79 Å². The highest BCUT2D eigenvalue weighted by molar-refractivity contribution is 6.01. The molecule has 1 nitrogen and oxygen atoms in total. The highest BCUT2D eigenvalue weighted by atomic mass is 16.1. The molecule has 0 aromatic carbocycles. The van der Waals surface area contributed by atoms with E-state index in [0.717, 1.165) is 30.1 Å².